The summed E-state index contributed by atoms with van der Waals surface area (Å²) in [4.78, 5) is 31.8. The van der Waals surface area contributed by atoms with Crippen LogP contribution in [0.4, 0.5) is 5.69 Å². The van der Waals surface area contributed by atoms with Gasteiger partial charge in [-0.2, -0.15) is 4.98 Å². The number of para-hydroxylation sites is 1. The van der Waals surface area contributed by atoms with Crippen molar-refractivity contribution in [1.82, 2.24) is 29.9 Å². The number of nitrogens with zero attached hydrogens (tertiary/aromatic N) is 7. The van der Waals surface area contributed by atoms with Crippen molar-refractivity contribution in [1.29, 1.82) is 0 Å². The van der Waals surface area contributed by atoms with E-state index in [2.05, 4.69) is 42.0 Å². The average molecular weight is 405 g/mol. The van der Waals surface area contributed by atoms with Crippen molar-refractivity contribution in [2.75, 3.05) is 50.7 Å². The molecular formula is C21H23N7O2. The van der Waals surface area contributed by atoms with E-state index in [9.17, 15) is 4.79 Å². The summed E-state index contributed by atoms with van der Waals surface area (Å²) in [6.45, 7) is 5.17. The molecule has 154 valence electrons. The first-order chi connectivity index (χ1) is 14.8. The molecule has 0 N–H and O–H groups in total. The average Bonchev–Trinajstić information content (AvgIpc) is 3.27. The lowest BCUT2D eigenvalue weighted by molar-refractivity contribution is -0.134. The Morgan fingerprint density at radius 2 is 1.70 bits per heavy atom. The first-order valence-electron chi connectivity index (χ1n) is 10.2. The van der Waals surface area contributed by atoms with Gasteiger partial charge in [-0.25, -0.2) is 9.97 Å². The quantitative estimate of drug-likeness (QED) is 0.627. The van der Waals surface area contributed by atoms with Crippen LogP contribution in [0, 0.1) is 0 Å². The van der Waals surface area contributed by atoms with Crippen molar-refractivity contribution in [2.45, 2.75) is 5.92 Å². The summed E-state index contributed by atoms with van der Waals surface area (Å²) in [5.41, 5.74) is 1.22. The fourth-order valence-electron chi connectivity index (χ4n) is 3.91. The summed E-state index contributed by atoms with van der Waals surface area (Å²) in [5.74, 6) is 1.77. The van der Waals surface area contributed by atoms with Gasteiger partial charge in [0.1, 0.15) is 0 Å². The fourth-order valence-corrected chi connectivity index (χ4v) is 3.91. The molecular weight excluding hydrogens is 382 g/mol. The molecule has 2 fully saturated rings. The first kappa shape index (κ1) is 18.7. The molecule has 9 nitrogen and oxygen atoms in total. The van der Waals surface area contributed by atoms with Gasteiger partial charge in [-0.1, -0.05) is 23.4 Å². The third kappa shape index (κ3) is 3.88. The molecule has 4 heterocycles. The number of piperazine rings is 1. The summed E-state index contributed by atoms with van der Waals surface area (Å²) in [5, 5.41) is 3.97. The summed E-state index contributed by atoms with van der Waals surface area (Å²) < 4.78 is 5.38. The molecule has 0 saturated carbocycles. The molecule has 0 bridgehead atoms. The van der Waals surface area contributed by atoms with Crippen LogP contribution in [0.1, 0.15) is 11.8 Å². The van der Waals surface area contributed by atoms with Crippen LogP contribution >= 0.6 is 0 Å². The number of aromatic nitrogens is 4. The van der Waals surface area contributed by atoms with Crippen LogP contribution in [0.25, 0.3) is 11.6 Å². The molecule has 2 aromatic heterocycles. The maximum Gasteiger partial charge on any atom is 0.240 e. The number of benzene rings is 1. The summed E-state index contributed by atoms with van der Waals surface area (Å²) >= 11 is 0. The van der Waals surface area contributed by atoms with E-state index in [-0.39, 0.29) is 11.8 Å². The Morgan fingerprint density at radius 3 is 2.43 bits per heavy atom. The van der Waals surface area contributed by atoms with E-state index >= 15 is 0 Å². The van der Waals surface area contributed by atoms with Crippen LogP contribution in [0.3, 0.4) is 0 Å². The molecule has 2 saturated heterocycles. The van der Waals surface area contributed by atoms with Gasteiger partial charge in [0, 0.05) is 57.3 Å². The summed E-state index contributed by atoms with van der Waals surface area (Å²) in [7, 11) is 0. The molecule has 9 heteroatoms. The number of amides is 1. The third-order valence-corrected chi connectivity index (χ3v) is 5.63. The van der Waals surface area contributed by atoms with Crippen molar-refractivity contribution in [3.63, 3.8) is 0 Å². The molecule has 1 amide bonds. The zero-order valence-electron chi connectivity index (χ0n) is 16.6. The van der Waals surface area contributed by atoms with Gasteiger partial charge in [0.15, 0.2) is 0 Å². The Hall–Kier alpha value is -3.33. The third-order valence-electron chi connectivity index (χ3n) is 5.63. The minimum absolute atomic E-state index is 0.151. The topological polar surface area (TPSA) is 91.5 Å². The molecule has 30 heavy (non-hydrogen) atoms. The van der Waals surface area contributed by atoms with Crippen LogP contribution in [0.15, 0.2) is 53.3 Å². The van der Waals surface area contributed by atoms with Gasteiger partial charge in [-0.05, 0) is 18.2 Å². The predicted molar refractivity (Wildman–Crippen MR) is 110 cm³/mol. The summed E-state index contributed by atoms with van der Waals surface area (Å²) in [6.07, 6.45) is 3.30. The van der Waals surface area contributed by atoms with Crippen molar-refractivity contribution < 1.29 is 9.32 Å². The zero-order valence-corrected chi connectivity index (χ0v) is 16.6. The molecule has 2 aliphatic heterocycles. The van der Waals surface area contributed by atoms with Crippen LogP contribution in [-0.2, 0) is 4.79 Å². The van der Waals surface area contributed by atoms with Gasteiger partial charge in [-0.15, -0.1) is 0 Å². The molecule has 1 aromatic carbocycles. The number of anilines is 1. The normalized spacial score (nSPS) is 17.7. The van der Waals surface area contributed by atoms with E-state index in [1.54, 1.807) is 18.5 Å². The van der Waals surface area contributed by atoms with Gasteiger partial charge >= 0.3 is 0 Å². The van der Waals surface area contributed by atoms with E-state index in [0.29, 0.717) is 24.1 Å². The van der Waals surface area contributed by atoms with Crippen molar-refractivity contribution in [2.24, 2.45) is 0 Å². The van der Waals surface area contributed by atoms with Gasteiger partial charge in [0.05, 0.1) is 12.5 Å². The van der Waals surface area contributed by atoms with Gasteiger partial charge in [0.2, 0.25) is 23.4 Å². The van der Waals surface area contributed by atoms with Crippen LogP contribution in [0.5, 0.6) is 0 Å². The van der Waals surface area contributed by atoms with E-state index in [4.69, 9.17) is 4.52 Å². The molecule has 3 aromatic rings. The second-order valence-electron chi connectivity index (χ2n) is 7.62. The number of carbonyl (C=O) groups excluding carboxylic acids is 1. The lowest BCUT2D eigenvalue weighted by Crippen LogP contribution is -2.54. The Bertz CT molecular complexity index is 981. The minimum atomic E-state index is 0.151. The SMILES string of the molecule is O=C(CN1CC(c2nc(-c3ncccn3)no2)C1)N1CCN(c2ccccc2)CC1. The van der Waals surface area contributed by atoms with E-state index in [1.807, 2.05) is 23.1 Å². The Balaban J connectivity index is 1.09. The number of carbonyl (C=O) groups is 1. The van der Waals surface area contributed by atoms with Crippen molar-refractivity contribution in [3.05, 3.63) is 54.7 Å². The number of rotatable bonds is 5. The second-order valence-corrected chi connectivity index (χ2v) is 7.62. The highest BCUT2D eigenvalue weighted by atomic mass is 16.5. The Morgan fingerprint density at radius 1 is 0.967 bits per heavy atom. The highest BCUT2D eigenvalue weighted by Gasteiger charge is 2.35. The smallest absolute Gasteiger partial charge is 0.240 e. The highest BCUT2D eigenvalue weighted by Crippen LogP contribution is 2.27. The van der Waals surface area contributed by atoms with E-state index in [1.165, 1.54) is 5.69 Å². The monoisotopic (exact) mass is 405 g/mol. The minimum Gasteiger partial charge on any atom is -0.368 e. The van der Waals surface area contributed by atoms with E-state index < -0.39 is 0 Å². The maximum atomic E-state index is 12.7. The Labute approximate surface area is 174 Å². The fraction of sp³-hybridized carbons (Fsp3) is 0.381. The number of likely N-dealkylation sites (tertiary alicyclic amines) is 1. The molecule has 2 aliphatic rings. The molecule has 0 radical (unpaired) electrons. The largest absolute Gasteiger partial charge is 0.368 e. The predicted octanol–water partition coefficient (Wildman–Crippen LogP) is 1.27. The number of hydrogen-bond donors (Lipinski definition) is 0. The summed E-state index contributed by atoms with van der Waals surface area (Å²) in [6, 6.07) is 12.1. The van der Waals surface area contributed by atoms with Gasteiger partial charge in [0.25, 0.3) is 0 Å². The lowest BCUT2D eigenvalue weighted by atomic mass is 10.0. The maximum absolute atomic E-state index is 12.7. The first-order valence-corrected chi connectivity index (χ1v) is 10.2. The van der Waals surface area contributed by atoms with Crippen LogP contribution < -0.4 is 4.90 Å². The van der Waals surface area contributed by atoms with Gasteiger partial charge in [-0.3, -0.25) is 9.69 Å². The van der Waals surface area contributed by atoms with Gasteiger partial charge < -0.3 is 14.3 Å². The Kier molecular flexibility index (Phi) is 5.10. The molecule has 0 atom stereocenters. The van der Waals surface area contributed by atoms with Crippen LogP contribution in [0.2, 0.25) is 0 Å². The standard InChI is InChI=1S/C21H23N7O2/c29-18(28-11-9-27(10-12-28)17-5-2-1-3-6-17)15-26-13-16(14-26)21-24-20(25-30-21)19-22-7-4-8-23-19/h1-8,16H,9-15H2. The molecule has 0 aliphatic carbocycles. The zero-order chi connectivity index (χ0) is 20.3. The van der Waals surface area contributed by atoms with E-state index in [0.717, 1.165) is 39.3 Å². The highest BCUT2D eigenvalue weighted by molar-refractivity contribution is 5.78. The number of hydrogen-bond acceptors (Lipinski definition) is 8. The van der Waals surface area contributed by atoms with Crippen LogP contribution in [-0.4, -0.2) is 81.6 Å². The van der Waals surface area contributed by atoms with Crippen molar-refractivity contribution in [3.8, 4) is 11.6 Å². The molecule has 0 unspecified atom stereocenters. The second kappa shape index (κ2) is 8.19. The lowest BCUT2D eigenvalue weighted by Gasteiger charge is -2.40. The van der Waals surface area contributed by atoms with Crippen molar-refractivity contribution >= 4 is 11.6 Å². The molecule has 0 spiro atoms. The molecule has 5 rings (SSSR count).